The van der Waals surface area contributed by atoms with Crippen LogP contribution in [0.25, 0.3) is 0 Å². The van der Waals surface area contributed by atoms with E-state index in [1.54, 1.807) is 48.5 Å². The molecule has 0 saturated carbocycles. The molecule has 0 atom stereocenters. The Balaban J connectivity index is 1.39. The second-order valence-corrected chi connectivity index (χ2v) is 11.1. The van der Waals surface area contributed by atoms with Gasteiger partial charge in [0.1, 0.15) is 0 Å². The minimum Gasteiger partial charge on any atom is -0.395 e. The quantitative estimate of drug-likeness (QED) is 0.134. The van der Waals surface area contributed by atoms with Gasteiger partial charge in [-0.1, -0.05) is 0 Å². The number of carbonyl (C=O) groups excluding carboxylic acids is 3. The molecular weight excluding hydrogens is 612 g/mol. The summed E-state index contributed by atoms with van der Waals surface area (Å²) in [6, 6.07) is 28.7. The van der Waals surface area contributed by atoms with E-state index in [4.69, 9.17) is 0 Å². The van der Waals surface area contributed by atoms with Crippen LogP contribution < -0.4 is 9.80 Å². The van der Waals surface area contributed by atoms with Crippen LogP contribution in [-0.4, -0.2) is 115 Å². The molecule has 0 spiro atoms. The largest absolute Gasteiger partial charge is 0.395 e. The SMILES string of the molecule is CN(c1ccc(C(=O)c2ccc(N(C)c3ccc(C(=O)N(CCO)CCO)cc3)cc2)cc1)c1ccc(C(=O)N(CCO)CCO)cc1. The highest BCUT2D eigenvalue weighted by Gasteiger charge is 2.17. The Morgan fingerprint density at radius 2 is 0.646 bits per heavy atom. The Morgan fingerprint density at radius 1 is 0.417 bits per heavy atom. The van der Waals surface area contributed by atoms with Gasteiger partial charge in [0.05, 0.1) is 26.4 Å². The standard InChI is InChI=1S/C37H42N4O7/c1-38(33-15-7-29(8-16-33)36(47)40(19-23-42)20-24-43)31-11-3-27(4-12-31)35(46)28-5-13-32(14-6-28)39(2)34-17-9-30(10-18-34)37(48)41(21-25-44)22-26-45/h3-18,42-45H,19-26H2,1-2H3. The van der Waals surface area contributed by atoms with Crippen LogP contribution in [0.3, 0.4) is 0 Å². The second-order valence-electron chi connectivity index (χ2n) is 11.1. The van der Waals surface area contributed by atoms with Crippen molar-refractivity contribution in [3.8, 4) is 0 Å². The predicted octanol–water partition coefficient (Wildman–Crippen LogP) is 3.31. The van der Waals surface area contributed by atoms with Crippen molar-refractivity contribution in [2.24, 2.45) is 0 Å². The van der Waals surface area contributed by atoms with E-state index < -0.39 is 0 Å². The summed E-state index contributed by atoms with van der Waals surface area (Å²) in [5.41, 5.74) is 5.38. The number of nitrogens with zero attached hydrogens (tertiary/aromatic N) is 4. The first-order valence-corrected chi connectivity index (χ1v) is 15.7. The number of hydrogen-bond acceptors (Lipinski definition) is 9. The maximum atomic E-state index is 13.3. The number of carbonyl (C=O) groups is 3. The fourth-order valence-electron chi connectivity index (χ4n) is 5.27. The van der Waals surface area contributed by atoms with E-state index in [-0.39, 0.29) is 70.2 Å². The highest BCUT2D eigenvalue weighted by Crippen LogP contribution is 2.27. The lowest BCUT2D eigenvalue weighted by atomic mass is 10.0. The number of amides is 2. The minimum absolute atomic E-state index is 0.116. The molecule has 0 bridgehead atoms. The molecule has 48 heavy (non-hydrogen) atoms. The molecule has 0 aliphatic rings. The molecule has 0 aromatic heterocycles. The number of benzene rings is 4. The fraction of sp³-hybridized carbons (Fsp3) is 0.270. The molecule has 11 nitrogen and oxygen atoms in total. The smallest absolute Gasteiger partial charge is 0.254 e. The third kappa shape index (κ3) is 8.64. The van der Waals surface area contributed by atoms with Crippen molar-refractivity contribution in [3.63, 3.8) is 0 Å². The third-order valence-electron chi connectivity index (χ3n) is 8.09. The molecule has 0 fully saturated rings. The van der Waals surface area contributed by atoms with Crippen molar-refractivity contribution < 1.29 is 34.8 Å². The van der Waals surface area contributed by atoms with Gasteiger partial charge in [-0.2, -0.15) is 0 Å². The number of anilines is 4. The van der Waals surface area contributed by atoms with Gasteiger partial charge in [0, 0.05) is 85.3 Å². The first-order valence-electron chi connectivity index (χ1n) is 15.7. The Bertz CT molecular complexity index is 1510. The van der Waals surface area contributed by atoms with E-state index in [0.29, 0.717) is 22.3 Å². The number of aliphatic hydroxyl groups is 4. The molecule has 252 valence electrons. The van der Waals surface area contributed by atoms with Gasteiger partial charge >= 0.3 is 0 Å². The topological polar surface area (TPSA) is 145 Å². The van der Waals surface area contributed by atoms with E-state index in [0.717, 1.165) is 22.7 Å². The van der Waals surface area contributed by atoms with Crippen molar-refractivity contribution in [2.75, 3.05) is 76.5 Å². The fourth-order valence-corrected chi connectivity index (χ4v) is 5.27. The third-order valence-corrected chi connectivity index (χ3v) is 8.09. The molecule has 2 amide bonds. The van der Waals surface area contributed by atoms with Gasteiger partial charge in [-0.3, -0.25) is 14.4 Å². The second kappa shape index (κ2) is 17.2. The summed E-state index contributed by atoms with van der Waals surface area (Å²) in [4.78, 5) is 45.4. The summed E-state index contributed by atoms with van der Waals surface area (Å²) in [5.74, 6) is -0.645. The van der Waals surface area contributed by atoms with Crippen molar-refractivity contribution in [1.82, 2.24) is 9.80 Å². The van der Waals surface area contributed by atoms with Crippen LogP contribution in [0.2, 0.25) is 0 Å². The van der Waals surface area contributed by atoms with E-state index in [1.165, 1.54) is 9.80 Å². The molecule has 0 unspecified atom stereocenters. The maximum absolute atomic E-state index is 13.3. The summed E-state index contributed by atoms with van der Waals surface area (Å²) in [5, 5.41) is 36.9. The van der Waals surface area contributed by atoms with E-state index in [2.05, 4.69) is 0 Å². The molecule has 4 aromatic carbocycles. The zero-order chi connectivity index (χ0) is 34.6. The zero-order valence-electron chi connectivity index (χ0n) is 27.2. The molecule has 4 aromatic rings. The lowest BCUT2D eigenvalue weighted by Crippen LogP contribution is -2.35. The van der Waals surface area contributed by atoms with Crippen molar-refractivity contribution in [2.45, 2.75) is 0 Å². The van der Waals surface area contributed by atoms with Crippen LogP contribution in [0.15, 0.2) is 97.1 Å². The van der Waals surface area contributed by atoms with Crippen LogP contribution in [-0.2, 0) is 0 Å². The molecule has 0 radical (unpaired) electrons. The molecular formula is C37H42N4O7. The van der Waals surface area contributed by atoms with Crippen LogP contribution in [0.4, 0.5) is 22.7 Å². The van der Waals surface area contributed by atoms with Gasteiger partial charge in [0.15, 0.2) is 5.78 Å². The van der Waals surface area contributed by atoms with Gasteiger partial charge in [0.2, 0.25) is 0 Å². The highest BCUT2D eigenvalue weighted by atomic mass is 16.3. The number of aliphatic hydroxyl groups excluding tert-OH is 4. The monoisotopic (exact) mass is 654 g/mol. The average Bonchev–Trinajstić information content (AvgIpc) is 3.13. The lowest BCUT2D eigenvalue weighted by molar-refractivity contribution is 0.0680. The average molecular weight is 655 g/mol. The maximum Gasteiger partial charge on any atom is 0.254 e. The van der Waals surface area contributed by atoms with Crippen LogP contribution in [0, 0.1) is 0 Å². The first-order chi connectivity index (χ1) is 23.2. The van der Waals surface area contributed by atoms with E-state index in [9.17, 15) is 34.8 Å². The van der Waals surface area contributed by atoms with E-state index in [1.807, 2.05) is 72.4 Å². The predicted molar refractivity (Wildman–Crippen MR) is 185 cm³/mol. The van der Waals surface area contributed by atoms with Gasteiger partial charge in [-0.05, 0) is 97.1 Å². The lowest BCUT2D eigenvalue weighted by Gasteiger charge is -2.22. The Morgan fingerprint density at radius 3 is 0.875 bits per heavy atom. The van der Waals surface area contributed by atoms with E-state index >= 15 is 0 Å². The highest BCUT2D eigenvalue weighted by molar-refractivity contribution is 6.09. The number of rotatable bonds is 16. The molecule has 0 aliphatic carbocycles. The molecule has 0 saturated heterocycles. The van der Waals surface area contributed by atoms with Gasteiger partial charge in [-0.15, -0.1) is 0 Å². The summed E-state index contributed by atoms with van der Waals surface area (Å²) >= 11 is 0. The number of ketones is 1. The zero-order valence-corrected chi connectivity index (χ0v) is 27.2. The van der Waals surface area contributed by atoms with Crippen LogP contribution in [0.1, 0.15) is 36.6 Å². The first kappa shape index (κ1) is 35.8. The minimum atomic E-state index is -0.264. The molecule has 4 N–H and O–H groups in total. The van der Waals surface area contributed by atoms with Crippen LogP contribution >= 0.6 is 0 Å². The van der Waals surface area contributed by atoms with Crippen molar-refractivity contribution in [3.05, 3.63) is 119 Å². The molecule has 4 rings (SSSR count). The van der Waals surface area contributed by atoms with Crippen molar-refractivity contribution >= 4 is 40.3 Å². The summed E-state index contributed by atoms with van der Waals surface area (Å²) in [6.07, 6.45) is 0. The normalized spacial score (nSPS) is 10.8. The summed E-state index contributed by atoms with van der Waals surface area (Å²) in [6.45, 7) is -0.161. The Labute approximate surface area is 280 Å². The van der Waals surface area contributed by atoms with Crippen LogP contribution in [0.5, 0.6) is 0 Å². The summed E-state index contributed by atoms with van der Waals surface area (Å²) < 4.78 is 0. The van der Waals surface area contributed by atoms with Gasteiger partial charge in [-0.25, -0.2) is 0 Å². The van der Waals surface area contributed by atoms with Crippen molar-refractivity contribution in [1.29, 1.82) is 0 Å². The summed E-state index contributed by atoms with van der Waals surface area (Å²) in [7, 11) is 3.78. The van der Waals surface area contributed by atoms with Gasteiger partial charge < -0.3 is 40.0 Å². The Kier molecular flexibility index (Phi) is 12.8. The molecule has 0 heterocycles. The van der Waals surface area contributed by atoms with Gasteiger partial charge in [0.25, 0.3) is 11.8 Å². The number of hydrogen-bond donors (Lipinski definition) is 4. The Hall–Kier alpha value is -5.07. The molecule has 11 heteroatoms. The molecule has 0 aliphatic heterocycles.